The Bertz CT molecular complexity index is 176. The molecule has 1 aliphatic heterocycles. The van der Waals surface area contributed by atoms with Gasteiger partial charge in [-0.25, -0.2) is 0 Å². The Morgan fingerprint density at radius 2 is 1.58 bits per heavy atom. The first kappa shape index (κ1) is 8.05. The van der Waals surface area contributed by atoms with E-state index in [2.05, 4.69) is 23.5 Å². The molecule has 1 saturated heterocycles. The van der Waals surface area contributed by atoms with Gasteiger partial charge in [0.2, 0.25) is 0 Å². The van der Waals surface area contributed by atoms with E-state index in [1.165, 1.54) is 11.5 Å². The molecular formula is C10H16S2. The molecule has 12 heavy (non-hydrogen) atoms. The van der Waals surface area contributed by atoms with E-state index < -0.39 is 0 Å². The molecule has 0 aromatic carbocycles. The third-order valence-corrected chi connectivity index (χ3v) is 7.58. The summed E-state index contributed by atoms with van der Waals surface area (Å²) in [6.45, 7) is 0. The lowest BCUT2D eigenvalue weighted by molar-refractivity contribution is 0.170. The summed E-state index contributed by atoms with van der Waals surface area (Å²) >= 11 is 4.58. The Balaban J connectivity index is 1.86. The lowest BCUT2D eigenvalue weighted by Gasteiger charge is -2.48. The summed E-state index contributed by atoms with van der Waals surface area (Å²) in [6.07, 6.45) is 7.74. The van der Waals surface area contributed by atoms with Crippen LogP contribution in [0.3, 0.4) is 0 Å². The van der Waals surface area contributed by atoms with Gasteiger partial charge >= 0.3 is 0 Å². The van der Waals surface area contributed by atoms with Crippen LogP contribution in [-0.2, 0) is 0 Å². The first-order valence-corrected chi connectivity index (χ1v) is 7.14. The van der Waals surface area contributed by atoms with Crippen LogP contribution in [0.4, 0.5) is 0 Å². The maximum atomic E-state index is 2.29. The van der Waals surface area contributed by atoms with Gasteiger partial charge in [-0.05, 0) is 31.1 Å². The molecule has 4 aliphatic rings. The Morgan fingerprint density at radius 1 is 0.917 bits per heavy atom. The van der Waals surface area contributed by atoms with Gasteiger partial charge in [0.1, 0.15) is 0 Å². The van der Waals surface area contributed by atoms with Gasteiger partial charge in [-0.3, -0.25) is 0 Å². The van der Waals surface area contributed by atoms with Gasteiger partial charge < -0.3 is 0 Å². The fraction of sp³-hybridized carbons (Fsp3) is 1.00. The van der Waals surface area contributed by atoms with Crippen molar-refractivity contribution in [3.05, 3.63) is 0 Å². The SMILES string of the molecule is C1CSC2(CC3CCC2CC3)S1. The third-order valence-electron chi connectivity index (χ3n) is 3.82. The first-order chi connectivity index (χ1) is 5.89. The van der Waals surface area contributed by atoms with Crippen LogP contribution in [0.15, 0.2) is 0 Å². The zero-order valence-electron chi connectivity index (χ0n) is 7.42. The summed E-state index contributed by atoms with van der Waals surface area (Å²) in [4.78, 5) is 0. The lowest BCUT2D eigenvalue weighted by atomic mass is 9.70. The Labute approximate surface area is 83.3 Å². The quantitative estimate of drug-likeness (QED) is 0.588. The van der Waals surface area contributed by atoms with Crippen molar-refractivity contribution in [2.75, 3.05) is 11.5 Å². The van der Waals surface area contributed by atoms with Crippen molar-refractivity contribution in [3.8, 4) is 0 Å². The van der Waals surface area contributed by atoms with Crippen LogP contribution in [0.2, 0.25) is 0 Å². The molecule has 0 aromatic rings. The van der Waals surface area contributed by atoms with Crippen molar-refractivity contribution >= 4 is 23.5 Å². The first-order valence-electron chi connectivity index (χ1n) is 5.17. The number of rotatable bonds is 0. The van der Waals surface area contributed by atoms with Crippen LogP contribution < -0.4 is 0 Å². The third kappa shape index (κ3) is 1.07. The Morgan fingerprint density at radius 3 is 2.08 bits per heavy atom. The van der Waals surface area contributed by atoms with Crippen molar-refractivity contribution in [3.63, 3.8) is 0 Å². The highest BCUT2D eigenvalue weighted by Crippen LogP contribution is 2.61. The minimum absolute atomic E-state index is 0.723. The van der Waals surface area contributed by atoms with E-state index in [0.717, 1.165) is 15.9 Å². The zero-order chi connectivity index (χ0) is 8.02. The summed E-state index contributed by atoms with van der Waals surface area (Å²) in [6, 6.07) is 0. The molecule has 1 spiro atoms. The Kier molecular flexibility index (Phi) is 1.91. The highest BCUT2D eigenvalue weighted by molar-refractivity contribution is 8.21. The zero-order valence-corrected chi connectivity index (χ0v) is 9.05. The standard InChI is InChI=1S/C10H16S2/c1-3-9-4-2-8(1)7-10(9)11-5-6-12-10/h8-9H,1-7H2. The van der Waals surface area contributed by atoms with Crippen molar-refractivity contribution < 1.29 is 0 Å². The van der Waals surface area contributed by atoms with E-state index >= 15 is 0 Å². The Hall–Kier alpha value is 0.700. The summed E-state index contributed by atoms with van der Waals surface area (Å²) in [5.41, 5.74) is 0. The monoisotopic (exact) mass is 200 g/mol. The second kappa shape index (κ2) is 2.84. The van der Waals surface area contributed by atoms with E-state index in [0.29, 0.717) is 0 Å². The largest absolute Gasteiger partial charge is 0.143 e. The fourth-order valence-corrected chi connectivity index (χ4v) is 7.04. The molecule has 4 rings (SSSR count). The molecule has 0 atom stereocenters. The van der Waals surface area contributed by atoms with Crippen LogP contribution in [0.25, 0.3) is 0 Å². The molecule has 0 aromatic heterocycles. The van der Waals surface area contributed by atoms with E-state index in [1.54, 1.807) is 32.1 Å². The van der Waals surface area contributed by atoms with Crippen LogP contribution in [0.1, 0.15) is 32.1 Å². The normalized spacial score (nSPS) is 44.0. The van der Waals surface area contributed by atoms with E-state index in [9.17, 15) is 0 Å². The molecule has 0 N–H and O–H groups in total. The molecule has 0 unspecified atom stereocenters. The van der Waals surface area contributed by atoms with E-state index in [4.69, 9.17) is 0 Å². The summed E-state index contributed by atoms with van der Waals surface area (Å²) in [7, 11) is 0. The van der Waals surface area contributed by atoms with Gasteiger partial charge in [-0.15, -0.1) is 23.5 Å². The maximum absolute atomic E-state index is 2.29. The summed E-state index contributed by atoms with van der Waals surface area (Å²) < 4.78 is 0.723. The second-order valence-corrected chi connectivity index (χ2v) is 7.54. The van der Waals surface area contributed by atoms with Gasteiger partial charge in [0.05, 0.1) is 4.08 Å². The second-order valence-electron chi connectivity index (χ2n) is 4.43. The number of fused-ring (bicyclic) bond motifs is 2. The minimum Gasteiger partial charge on any atom is -0.143 e. The van der Waals surface area contributed by atoms with Crippen molar-refractivity contribution in [1.29, 1.82) is 0 Å². The molecule has 4 fully saturated rings. The number of thioether (sulfide) groups is 2. The number of hydrogen-bond donors (Lipinski definition) is 0. The average molecular weight is 200 g/mol. The van der Waals surface area contributed by atoms with E-state index in [1.807, 2.05) is 0 Å². The van der Waals surface area contributed by atoms with Gasteiger partial charge in [-0.1, -0.05) is 12.8 Å². The van der Waals surface area contributed by atoms with Crippen LogP contribution in [-0.4, -0.2) is 15.6 Å². The highest BCUT2D eigenvalue weighted by Gasteiger charge is 2.49. The molecule has 0 amide bonds. The molecule has 68 valence electrons. The maximum Gasteiger partial charge on any atom is 0.0642 e. The van der Waals surface area contributed by atoms with E-state index in [-0.39, 0.29) is 0 Å². The van der Waals surface area contributed by atoms with Crippen molar-refractivity contribution in [2.45, 2.75) is 36.2 Å². The highest BCUT2D eigenvalue weighted by atomic mass is 32.2. The van der Waals surface area contributed by atoms with Gasteiger partial charge in [0.15, 0.2) is 0 Å². The topological polar surface area (TPSA) is 0 Å². The fourth-order valence-electron chi connectivity index (χ4n) is 3.20. The molecule has 3 aliphatic carbocycles. The van der Waals surface area contributed by atoms with Gasteiger partial charge in [0, 0.05) is 11.5 Å². The predicted molar refractivity (Wildman–Crippen MR) is 57.7 cm³/mol. The van der Waals surface area contributed by atoms with Crippen LogP contribution in [0.5, 0.6) is 0 Å². The lowest BCUT2D eigenvalue weighted by Crippen LogP contribution is -2.41. The molecular weight excluding hydrogens is 184 g/mol. The van der Waals surface area contributed by atoms with Gasteiger partial charge in [0.25, 0.3) is 0 Å². The van der Waals surface area contributed by atoms with Crippen molar-refractivity contribution in [1.82, 2.24) is 0 Å². The van der Waals surface area contributed by atoms with Crippen LogP contribution >= 0.6 is 23.5 Å². The smallest absolute Gasteiger partial charge is 0.0642 e. The molecule has 3 saturated carbocycles. The predicted octanol–water partition coefficient (Wildman–Crippen LogP) is 3.37. The summed E-state index contributed by atoms with van der Waals surface area (Å²) in [5, 5.41) is 0. The van der Waals surface area contributed by atoms with Crippen LogP contribution in [0, 0.1) is 11.8 Å². The number of hydrogen-bond acceptors (Lipinski definition) is 2. The molecule has 2 bridgehead atoms. The molecule has 2 heteroatoms. The average Bonchev–Trinajstić information content (AvgIpc) is 2.55. The summed E-state index contributed by atoms with van der Waals surface area (Å²) in [5.74, 6) is 5.04. The molecule has 0 nitrogen and oxygen atoms in total. The molecule has 1 heterocycles. The van der Waals surface area contributed by atoms with Gasteiger partial charge in [-0.2, -0.15) is 0 Å². The molecule has 0 radical (unpaired) electrons. The van der Waals surface area contributed by atoms with Crippen molar-refractivity contribution in [2.24, 2.45) is 11.8 Å². The minimum atomic E-state index is 0.723.